The van der Waals surface area contributed by atoms with Gasteiger partial charge in [-0.3, -0.25) is 4.98 Å². The molecule has 0 atom stereocenters. The maximum atomic E-state index is 13.0. The molecule has 3 rings (SSSR count). The van der Waals surface area contributed by atoms with E-state index in [1.165, 1.54) is 12.1 Å². The minimum absolute atomic E-state index is 0.0612. The van der Waals surface area contributed by atoms with Crippen molar-refractivity contribution < 1.29 is 8.91 Å². The molecule has 0 unspecified atom stereocenters. The molecule has 3 aromatic rings. The quantitative estimate of drug-likeness (QED) is 0.757. The first-order valence-electron chi connectivity index (χ1n) is 5.89. The van der Waals surface area contributed by atoms with Crippen LogP contribution in [0.15, 0.2) is 41.1 Å². The Morgan fingerprint density at radius 1 is 1.05 bits per heavy atom. The lowest BCUT2D eigenvalue weighted by Crippen LogP contribution is -1.91. The van der Waals surface area contributed by atoms with Crippen LogP contribution in [0.1, 0.15) is 0 Å². The zero-order valence-electron chi connectivity index (χ0n) is 10.5. The molecule has 21 heavy (non-hydrogen) atoms. The van der Waals surface area contributed by atoms with Gasteiger partial charge in [-0.25, -0.2) is 4.39 Å². The number of nitrogen functional groups attached to an aromatic ring is 1. The Morgan fingerprint density at radius 2 is 1.76 bits per heavy atom. The highest BCUT2D eigenvalue weighted by Crippen LogP contribution is 2.42. The van der Waals surface area contributed by atoms with E-state index in [0.29, 0.717) is 32.6 Å². The van der Waals surface area contributed by atoms with Gasteiger partial charge in [0.2, 0.25) is 5.88 Å². The summed E-state index contributed by atoms with van der Waals surface area (Å²) in [6.07, 6.45) is 1.08. The minimum Gasteiger partial charge on any atom is -0.367 e. The highest BCUT2D eigenvalue weighted by Gasteiger charge is 2.22. The fourth-order valence-electron chi connectivity index (χ4n) is 1.97. The van der Waals surface area contributed by atoms with Crippen LogP contribution in [0.4, 0.5) is 10.3 Å². The van der Waals surface area contributed by atoms with E-state index in [1.54, 1.807) is 18.2 Å². The summed E-state index contributed by atoms with van der Waals surface area (Å²) in [5.74, 6) is -0.390. The van der Waals surface area contributed by atoms with Crippen molar-refractivity contribution in [3.8, 4) is 22.5 Å². The fraction of sp³-hybridized carbons (Fsp3) is 0. The second-order valence-corrected chi connectivity index (χ2v) is 5.04. The van der Waals surface area contributed by atoms with E-state index < -0.39 is 5.82 Å². The number of nitrogens with two attached hydrogens (primary N) is 1. The van der Waals surface area contributed by atoms with Crippen molar-refractivity contribution in [1.29, 1.82) is 0 Å². The van der Waals surface area contributed by atoms with Gasteiger partial charge < -0.3 is 10.3 Å². The molecular weight excluding hydrogens is 316 g/mol. The molecule has 0 spiro atoms. The molecule has 0 radical (unpaired) electrons. The highest BCUT2D eigenvalue weighted by atomic mass is 35.5. The maximum Gasteiger partial charge on any atom is 0.230 e. The van der Waals surface area contributed by atoms with E-state index in [0.717, 1.165) is 6.20 Å². The number of hydrogen-bond acceptors (Lipinski definition) is 4. The highest BCUT2D eigenvalue weighted by molar-refractivity contribution is 6.39. The second kappa shape index (κ2) is 5.35. The van der Waals surface area contributed by atoms with Crippen LogP contribution in [0.25, 0.3) is 22.5 Å². The van der Waals surface area contributed by atoms with Gasteiger partial charge in [0.25, 0.3) is 0 Å². The Balaban J connectivity index is 2.25. The average molecular weight is 324 g/mol. The molecular formula is C14H8Cl2FN3O. The number of benzene rings is 1. The number of hydrogen-bond donors (Lipinski definition) is 1. The molecule has 0 fully saturated rings. The number of nitrogens with zero attached hydrogens (tertiary/aromatic N) is 2. The van der Waals surface area contributed by atoms with Crippen LogP contribution in [0, 0.1) is 5.82 Å². The van der Waals surface area contributed by atoms with E-state index in [2.05, 4.69) is 10.1 Å². The number of aromatic nitrogens is 2. The van der Waals surface area contributed by atoms with E-state index in [9.17, 15) is 4.39 Å². The first-order chi connectivity index (χ1) is 10.1. The second-order valence-electron chi connectivity index (χ2n) is 4.23. The fourth-order valence-corrected chi connectivity index (χ4v) is 2.56. The largest absolute Gasteiger partial charge is 0.367 e. The van der Waals surface area contributed by atoms with Gasteiger partial charge in [0.05, 0.1) is 27.5 Å². The maximum absolute atomic E-state index is 13.0. The zero-order valence-corrected chi connectivity index (χ0v) is 12.0. The minimum atomic E-state index is -0.451. The molecule has 0 aliphatic rings. The predicted molar refractivity (Wildman–Crippen MR) is 79.6 cm³/mol. The van der Waals surface area contributed by atoms with Crippen molar-refractivity contribution in [2.45, 2.75) is 0 Å². The molecule has 2 aromatic heterocycles. The molecule has 0 amide bonds. The monoisotopic (exact) mass is 323 g/mol. The summed E-state index contributed by atoms with van der Waals surface area (Å²) in [5.41, 5.74) is 7.52. The summed E-state index contributed by atoms with van der Waals surface area (Å²) in [5, 5.41) is 4.68. The van der Waals surface area contributed by atoms with Gasteiger partial charge in [0.1, 0.15) is 11.5 Å². The Bertz CT molecular complexity index is 782. The number of halogens is 3. The Morgan fingerprint density at radius 3 is 2.38 bits per heavy atom. The molecule has 0 aliphatic heterocycles. The van der Waals surface area contributed by atoms with Crippen LogP contribution in [-0.2, 0) is 0 Å². The Hall–Kier alpha value is -2.11. The Labute approximate surface area is 129 Å². The molecule has 2 heterocycles. The normalized spacial score (nSPS) is 10.8. The van der Waals surface area contributed by atoms with Crippen LogP contribution in [0.2, 0.25) is 10.0 Å². The lowest BCUT2D eigenvalue weighted by Gasteiger charge is -2.07. The van der Waals surface area contributed by atoms with Gasteiger partial charge >= 0.3 is 0 Å². The van der Waals surface area contributed by atoms with Crippen molar-refractivity contribution in [1.82, 2.24) is 10.1 Å². The van der Waals surface area contributed by atoms with Crippen LogP contribution < -0.4 is 5.73 Å². The predicted octanol–water partition coefficient (Wildman–Crippen LogP) is 4.43. The smallest absolute Gasteiger partial charge is 0.230 e. The number of pyridine rings is 1. The standard InChI is InChI=1S/C14H8Cl2FN3O/c15-8-2-1-3-9(16)11(8)12-13(20-21-14(12)18)10-5-4-7(17)6-19-10/h1-6H,18H2. The molecule has 106 valence electrons. The Kier molecular flexibility index (Phi) is 3.53. The van der Waals surface area contributed by atoms with Crippen LogP contribution in [-0.4, -0.2) is 10.1 Å². The molecule has 4 nitrogen and oxygen atoms in total. The molecule has 0 saturated carbocycles. The first-order valence-corrected chi connectivity index (χ1v) is 6.65. The SMILES string of the molecule is Nc1onc(-c2ccc(F)cn2)c1-c1c(Cl)cccc1Cl. The van der Waals surface area contributed by atoms with E-state index in [4.69, 9.17) is 33.5 Å². The van der Waals surface area contributed by atoms with Gasteiger partial charge in [0.15, 0.2) is 0 Å². The summed E-state index contributed by atoms with van der Waals surface area (Å²) < 4.78 is 18.0. The topological polar surface area (TPSA) is 64.9 Å². The van der Waals surface area contributed by atoms with E-state index in [1.807, 2.05) is 0 Å². The number of anilines is 1. The van der Waals surface area contributed by atoms with E-state index >= 15 is 0 Å². The summed E-state index contributed by atoms with van der Waals surface area (Å²) in [4.78, 5) is 3.97. The van der Waals surface area contributed by atoms with Gasteiger partial charge in [0, 0.05) is 5.56 Å². The van der Waals surface area contributed by atoms with Crippen molar-refractivity contribution in [3.05, 3.63) is 52.4 Å². The van der Waals surface area contributed by atoms with Crippen LogP contribution in [0.5, 0.6) is 0 Å². The summed E-state index contributed by atoms with van der Waals surface area (Å²) >= 11 is 12.4. The molecule has 0 aliphatic carbocycles. The van der Waals surface area contributed by atoms with Crippen molar-refractivity contribution in [3.63, 3.8) is 0 Å². The first kappa shape index (κ1) is 13.9. The molecule has 1 aromatic carbocycles. The summed E-state index contributed by atoms with van der Waals surface area (Å²) in [7, 11) is 0. The lowest BCUT2D eigenvalue weighted by molar-refractivity contribution is 0.439. The lowest BCUT2D eigenvalue weighted by atomic mass is 10.0. The van der Waals surface area contributed by atoms with Gasteiger partial charge in [-0.15, -0.1) is 0 Å². The number of rotatable bonds is 2. The van der Waals surface area contributed by atoms with Crippen molar-refractivity contribution in [2.75, 3.05) is 5.73 Å². The molecule has 0 bridgehead atoms. The molecule has 7 heteroatoms. The summed E-state index contributed by atoms with van der Waals surface area (Å²) in [6, 6.07) is 7.81. The zero-order chi connectivity index (χ0) is 15.0. The third-order valence-electron chi connectivity index (χ3n) is 2.90. The van der Waals surface area contributed by atoms with Crippen molar-refractivity contribution in [2.24, 2.45) is 0 Å². The van der Waals surface area contributed by atoms with Crippen LogP contribution in [0.3, 0.4) is 0 Å². The van der Waals surface area contributed by atoms with Gasteiger partial charge in [-0.1, -0.05) is 34.4 Å². The van der Waals surface area contributed by atoms with Gasteiger partial charge in [-0.05, 0) is 24.3 Å². The third-order valence-corrected chi connectivity index (χ3v) is 3.53. The van der Waals surface area contributed by atoms with Crippen LogP contribution >= 0.6 is 23.2 Å². The van der Waals surface area contributed by atoms with Gasteiger partial charge in [-0.2, -0.15) is 0 Å². The molecule has 2 N–H and O–H groups in total. The molecule has 0 saturated heterocycles. The summed E-state index contributed by atoms with van der Waals surface area (Å²) in [6.45, 7) is 0. The van der Waals surface area contributed by atoms with Crippen molar-refractivity contribution >= 4 is 29.1 Å². The third kappa shape index (κ3) is 2.46. The average Bonchev–Trinajstić information content (AvgIpc) is 2.82. The van der Waals surface area contributed by atoms with E-state index in [-0.39, 0.29) is 5.88 Å².